The Balaban J connectivity index is 1.68. The summed E-state index contributed by atoms with van der Waals surface area (Å²) in [5.41, 5.74) is 4.41. The molecule has 2 unspecified atom stereocenters. The van der Waals surface area contributed by atoms with Gasteiger partial charge >= 0.3 is 0 Å². The monoisotopic (exact) mass is 337 g/mol. The first-order chi connectivity index (χ1) is 12.8. The quantitative estimate of drug-likeness (QED) is 0.715. The van der Waals surface area contributed by atoms with Gasteiger partial charge in [-0.05, 0) is 28.8 Å². The van der Waals surface area contributed by atoms with Crippen molar-refractivity contribution in [2.75, 3.05) is 0 Å². The van der Waals surface area contributed by atoms with Crippen molar-refractivity contribution in [1.29, 1.82) is 0 Å². The first kappa shape index (κ1) is 14.9. The number of aliphatic imine (C=N–C) groups is 2. The van der Waals surface area contributed by atoms with Gasteiger partial charge in [0.05, 0.1) is 5.92 Å². The van der Waals surface area contributed by atoms with Crippen molar-refractivity contribution >= 4 is 17.3 Å². The van der Waals surface area contributed by atoms with E-state index < -0.39 is 0 Å². The molecule has 0 bridgehead atoms. The lowest BCUT2D eigenvalue weighted by Gasteiger charge is -2.28. The van der Waals surface area contributed by atoms with Crippen LogP contribution < -0.4 is 0 Å². The van der Waals surface area contributed by atoms with Gasteiger partial charge in [0, 0.05) is 18.0 Å². The topological polar surface area (TPSA) is 54.7 Å². The van der Waals surface area contributed by atoms with Gasteiger partial charge in [-0.2, -0.15) is 0 Å². The van der Waals surface area contributed by atoms with Crippen LogP contribution in [0.25, 0.3) is 0 Å². The van der Waals surface area contributed by atoms with E-state index in [9.17, 15) is 4.79 Å². The number of amidine groups is 1. The number of hydrogen-bond acceptors (Lipinski definition) is 4. The molecule has 4 nitrogen and oxygen atoms in total. The smallest absolute Gasteiger partial charge is 0.191 e. The number of benzene rings is 2. The maximum atomic E-state index is 13.3. The molecule has 26 heavy (non-hydrogen) atoms. The van der Waals surface area contributed by atoms with Gasteiger partial charge in [0.1, 0.15) is 11.8 Å². The number of carbonyl (C=O) groups excluding carboxylic acids is 1. The molecule has 0 spiro atoms. The summed E-state index contributed by atoms with van der Waals surface area (Å²) in [4.78, 5) is 26.8. The third-order valence-corrected chi connectivity index (χ3v) is 4.91. The van der Waals surface area contributed by atoms with E-state index in [1.165, 1.54) is 0 Å². The molecule has 2 aliphatic rings. The molecular weight excluding hydrogens is 322 g/mol. The number of ketones is 1. The van der Waals surface area contributed by atoms with Gasteiger partial charge in [-0.3, -0.25) is 14.8 Å². The molecule has 1 aromatic heterocycles. The predicted molar refractivity (Wildman–Crippen MR) is 101 cm³/mol. The van der Waals surface area contributed by atoms with Gasteiger partial charge in [-0.15, -0.1) is 0 Å². The number of fused-ring (bicyclic) bond motifs is 3. The van der Waals surface area contributed by atoms with Crippen molar-refractivity contribution in [2.45, 2.75) is 12.0 Å². The molecule has 0 N–H and O–H groups in total. The molecule has 1 aliphatic carbocycles. The Labute approximate surface area is 151 Å². The summed E-state index contributed by atoms with van der Waals surface area (Å²) in [6, 6.07) is 21.4. The van der Waals surface area contributed by atoms with Gasteiger partial charge in [0.15, 0.2) is 11.6 Å². The highest BCUT2D eigenvalue weighted by molar-refractivity contribution is 6.48. The van der Waals surface area contributed by atoms with Crippen LogP contribution in [-0.2, 0) is 4.79 Å². The summed E-state index contributed by atoms with van der Waals surface area (Å²) in [7, 11) is 0. The summed E-state index contributed by atoms with van der Waals surface area (Å²) >= 11 is 0. The molecule has 3 aromatic rings. The lowest BCUT2D eigenvalue weighted by atomic mass is 9.75. The highest BCUT2D eigenvalue weighted by Gasteiger charge is 2.42. The lowest BCUT2D eigenvalue weighted by Crippen LogP contribution is -2.32. The molecule has 2 heterocycles. The zero-order chi connectivity index (χ0) is 17.5. The Kier molecular flexibility index (Phi) is 3.35. The summed E-state index contributed by atoms with van der Waals surface area (Å²) < 4.78 is 0. The Hall–Kier alpha value is -3.40. The molecule has 0 radical (unpaired) electrons. The highest BCUT2D eigenvalue weighted by Crippen LogP contribution is 2.41. The summed E-state index contributed by atoms with van der Waals surface area (Å²) in [5.74, 6) is 0.281. The SMILES string of the molecule is O=C1C2=NC(c3cccnc3)=NC2c2ccccc2C1c1ccccc1. The molecule has 1 aliphatic heterocycles. The predicted octanol–water partition coefficient (Wildman–Crippen LogP) is 3.74. The molecule has 5 rings (SSSR count). The first-order valence-corrected chi connectivity index (χ1v) is 8.57. The van der Waals surface area contributed by atoms with Crippen LogP contribution in [0.1, 0.15) is 34.2 Å². The molecular formula is C22H15N3O. The van der Waals surface area contributed by atoms with Crippen LogP contribution in [0.2, 0.25) is 0 Å². The molecule has 0 saturated carbocycles. The normalized spacial score (nSPS) is 20.8. The van der Waals surface area contributed by atoms with Gasteiger partial charge in [0.2, 0.25) is 0 Å². The van der Waals surface area contributed by atoms with Crippen LogP contribution in [0.5, 0.6) is 0 Å². The Morgan fingerprint density at radius 1 is 0.808 bits per heavy atom. The molecule has 2 aromatic carbocycles. The zero-order valence-corrected chi connectivity index (χ0v) is 13.9. The molecule has 4 heteroatoms. The van der Waals surface area contributed by atoms with Crippen LogP contribution in [0, 0.1) is 0 Å². The van der Waals surface area contributed by atoms with Crippen LogP contribution >= 0.6 is 0 Å². The number of carbonyl (C=O) groups is 1. The Bertz CT molecular complexity index is 1060. The van der Waals surface area contributed by atoms with Gasteiger partial charge in [0.25, 0.3) is 0 Å². The van der Waals surface area contributed by atoms with E-state index in [1.807, 2.05) is 66.7 Å². The van der Waals surface area contributed by atoms with Crippen molar-refractivity contribution in [3.63, 3.8) is 0 Å². The minimum atomic E-state index is -0.328. The van der Waals surface area contributed by atoms with Crippen LogP contribution in [0.4, 0.5) is 0 Å². The minimum Gasteiger partial charge on any atom is -0.292 e. The van der Waals surface area contributed by atoms with Crippen molar-refractivity contribution in [3.05, 3.63) is 101 Å². The van der Waals surface area contributed by atoms with Gasteiger partial charge < -0.3 is 0 Å². The van der Waals surface area contributed by atoms with Crippen LogP contribution in [0.15, 0.2) is 89.1 Å². The molecule has 0 amide bonds. The van der Waals surface area contributed by atoms with Crippen molar-refractivity contribution in [2.24, 2.45) is 9.98 Å². The average Bonchev–Trinajstić information content (AvgIpc) is 3.16. The number of rotatable bonds is 2. The van der Waals surface area contributed by atoms with E-state index in [2.05, 4.69) is 9.98 Å². The number of nitrogens with zero attached hydrogens (tertiary/aromatic N) is 3. The third kappa shape index (κ3) is 2.23. The van der Waals surface area contributed by atoms with Crippen molar-refractivity contribution in [1.82, 2.24) is 4.98 Å². The van der Waals surface area contributed by atoms with E-state index in [0.717, 1.165) is 22.3 Å². The molecule has 0 saturated heterocycles. The fourth-order valence-electron chi connectivity index (χ4n) is 3.72. The second kappa shape index (κ2) is 5.85. The largest absolute Gasteiger partial charge is 0.292 e. The van der Waals surface area contributed by atoms with Crippen molar-refractivity contribution < 1.29 is 4.79 Å². The lowest BCUT2D eigenvalue weighted by molar-refractivity contribution is -0.113. The van der Waals surface area contributed by atoms with Crippen LogP contribution in [0.3, 0.4) is 0 Å². The highest BCUT2D eigenvalue weighted by atomic mass is 16.1. The van der Waals surface area contributed by atoms with E-state index >= 15 is 0 Å². The third-order valence-electron chi connectivity index (χ3n) is 4.91. The standard InChI is InChI=1S/C22H15N3O/c26-21-18(14-7-2-1-3-8-14)16-10-4-5-11-17(16)19-20(21)25-22(24-19)15-9-6-12-23-13-15/h1-13,18-19H. The number of Topliss-reactive ketones (excluding diaryl/α,β-unsaturated/α-hetero) is 1. The number of aromatic nitrogens is 1. The summed E-state index contributed by atoms with van der Waals surface area (Å²) in [5, 5.41) is 0. The molecule has 2 atom stereocenters. The maximum absolute atomic E-state index is 13.3. The Morgan fingerprint density at radius 3 is 2.35 bits per heavy atom. The average molecular weight is 337 g/mol. The van der Waals surface area contributed by atoms with E-state index in [-0.39, 0.29) is 17.7 Å². The first-order valence-electron chi connectivity index (χ1n) is 8.57. The minimum absolute atomic E-state index is 0.0301. The molecule has 124 valence electrons. The van der Waals surface area contributed by atoms with Crippen LogP contribution in [-0.4, -0.2) is 22.3 Å². The van der Waals surface area contributed by atoms with Gasteiger partial charge in [-0.1, -0.05) is 54.6 Å². The molecule has 0 fully saturated rings. The number of hydrogen-bond donors (Lipinski definition) is 0. The van der Waals surface area contributed by atoms with E-state index in [4.69, 9.17) is 4.99 Å². The zero-order valence-electron chi connectivity index (χ0n) is 13.9. The van der Waals surface area contributed by atoms with Gasteiger partial charge in [-0.25, -0.2) is 4.99 Å². The second-order valence-electron chi connectivity index (χ2n) is 6.43. The Morgan fingerprint density at radius 2 is 1.58 bits per heavy atom. The van der Waals surface area contributed by atoms with E-state index in [0.29, 0.717) is 11.5 Å². The number of pyridine rings is 1. The second-order valence-corrected chi connectivity index (χ2v) is 6.43. The van der Waals surface area contributed by atoms with Crippen molar-refractivity contribution in [3.8, 4) is 0 Å². The fraction of sp³-hybridized carbons (Fsp3) is 0.0909. The maximum Gasteiger partial charge on any atom is 0.191 e. The van der Waals surface area contributed by atoms with E-state index in [1.54, 1.807) is 12.4 Å². The summed E-state index contributed by atoms with van der Waals surface area (Å²) in [6.07, 6.45) is 3.44. The summed E-state index contributed by atoms with van der Waals surface area (Å²) in [6.45, 7) is 0. The fourth-order valence-corrected chi connectivity index (χ4v) is 3.72.